The van der Waals surface area contributed by atoms with Crippen molar-refractivity contribution < 1.29 is 18.7 Å². The molecule has 2 aromatic heterocycles. The Bertz CT molecular complexity index is 1580. The van der Waals surface area contributed by atoms with Crippen molar-refractivity contribution >= 4 is 23.1 Å². The van der Waals surface area contributed by atoms with Crippen LogP contribution in [0.1, 0.15) is 35.2 Å². The number of amides is 2. The molecule has 1 saturated carbocycles. The van der Waals surface area contributed by atoms with Gasteiger partial charge in [0.05, 0.1) is 17.6 Å². The van der Waals surface area contributed by atoms with E-state index in [2.05, 4.69) is 20.7 Å². The Balaban J connectivity index is 1.35. The number of fused-ring (bicyclic) bond motifs is 1. The molecule has 2 aromatic carbocycles. The van der Waals surface area contributed by atoms with Gasteiger partial charge in [0.15, 0.2) is 5.65 Å². The van der Waals surface area contributed by atoms with Gasteiger partial charge in [0.2, 0.25) is 11.8 Å². The van der Waals surface area contributed by atoms with Crippen LogP contribution in [-0.2, 0) is 4.79 Å². The average Bonchev–Trinajstić information content (AvgIpc) is 3.51. The normalized spacial score (nSPS) is 17.1. The first-order chi connectivity index (χ1) is 18.8. The van der Waals surface area contributed by atoms with Crippen LogP contribution in [0.15, 0.2) is 54.7 Å². The summed E-state index contributed by atoms with van der Waals surface area (Å²) in [7, 11) is 1.81. The zero-order valence-electron chi connectivity index (χ0n) is 21.8. The SMILES string of the molecule is Cc1cc(-c2cnc3c(NCC4CC(=O)N(C)C4)cc(Oc4cccc(F)c4)nn23)ccc1C(=O)NC1CC1. The average molecular weight is 529 g/mol. The smallest absolute Gasteiger partial charge is 0.251 e. The van der Waals surface area contributed by atoms with Crippen LogP contribution in [-0.4, -0.2) is 57.5 Å². The summed E-state index contributed by atoms with van der Waals surface area (Å²) < 4.78 is 21.4. The molecule has 2 N–H and O–H groups in total. The molecule has 2 aliphatic rings. The number of halogens is 1. The molecule has 1 atom stereocenters. The molecule has 10 heteroatoms. The Kier molecular flexibility index (Phi) is 6.38. The number of likely N-dealkylation sites (tertiary alicyclic amines) is 1. The fraction of sp³-hybridized carbons (Fsp3) is 0.310. The number of carbonyl (C=O) groups excluding carboxylic acids is 2. The standard InChI is InChI=1S/C29H29FN6O3/c1-17-10-19(6-9-23(17)29(38)33-21-7-8-21)25-15-32-28-24(31-14-18-11-27(37)35(2)16-18)13-26(34-36(25)28)39-22-5-3-4-20(30)12-22/h3-6,9-10,12-13,15,18,21,31H,7-8,11,14,16H2,1-2H3,(H,33,38). The lowest BCUT2D eigenvalue weighted by atomic mass is 10.0. The van der Waals surface area contributed by atoms with Crippen molar-refractivity contribution in [2.24, 2.45) is 5.92 Å². The maximum Gasteiger partial charge on any atom is 0.251 e. The van der Waals surface area contributed by atoms with Gasteiger partial charge < -0.3 is 20.3 Å². The van der Waals surface area contributed by atoms with E-state index in [9.17, 15) is 14.0 Å². The monoisotopic (exact) mass is 528 g/mol. The van der Waals surface area contributed by atoms with Crippen molar-refractivity contribution in [1.29, 1.82) is 0 Å². The van der Waals surface area contributed by atoms with E-state index in [4.69, 9.17) is 4.74 Å². The number of nitrogens with one attached hydrogen (secondary N) is 2. The highest BCUT2D eigenvalue weighted by Crippen LogP contribution is 2.31. The van der Waals surface area contributed by atoms with Gasteiger partial charge in [-0.2, -0.15) is 0 Å². The first kappa shape index (κ1) is 24.8. The Morgan fingerprint density at radius 2 is 2.03 bits per heavy atom. The number of rotatable bonds is 8. The number of anilines is 1. The van der Waals surface area contributed by atoms with E-state index in [1.807, 2.05) is 32.2 Å². The molecule has 0 bridgehead atoms. The van der Waals surface area contributed by atoms with Gasteiger partial charge in [0, 0.05) is 61.8 Å². The van der Waals surface area contributed by atoms with Gasteiger partial charge in [0.1, 0.15) is 11.6 Å². The quantitative estimate of drug-likeness (QED) is 0.351. The van der Waals surface area contributed by atoms with Crippen molar-refractivity contribution in [3.05, 3.63) is 71.7 Å². The van der Waals surface area contributed by atoms with E-state index < -0.39 is 5.82 Å². The lowest BCUT2D eigenvalue weighted by molar-refractivity contribution is -0.126. The van der Waals surface area contributed by atoms with Gasteiger partial charge in [0.25, 0.3) is 5.91 Å². The van der Waals surface area contributed by atoms with Gasteiger partial charge in [-0.3, -0.25) is 9.59 Å². The Morgan fingerprint density at radius 1 is 1.18 bits per heavy atom. The highest BCUT2D eigenvalue weighted by molar-refractivity contribution is 5.96. The van der Waals surface area contributed by atoms with Crippen molar-refractivity contribution in [1.82, 2.24) is 24.8 Å². The zero-order chi connectivity index (χ0) is 27.1. The van der Waals surface area contributed by atoms with Crippen LogP contribution in [0, 0.1) is 18.7 Å². The summed E-state index contributed by atoms with van der Waals surface area (Å²) in [6.07, 6.45) is 4.27. The lowest BCUT2D eigenvalue weighted by Crippen LogP contribution is -2.26. The number of benzene rings is 2. The van der Waals surface area contributed by atoms with Gasteiger partial charge in [-0.1, -0.05) is 12.1 Å². The lowest BCUT2D eigenvalue weighted by Gasteiger charge is -2.15. The molecular weight excluding hydrogens is 499 g/mol. The van der Waals surface area contributed by atoms with Crippen LogP contribution in [0.2, 0.25) is 0 Å². The highest BCUT2D eigenvalue weighted by atomic mass is 19.1. The molecule has 2 fully saturated rings. The number of ether oxygens (including phenoxy) is 1. The summed E-state index contributed by atoms with van der Waals surface area (Å²) in [5, 5.41) is 11.1. The third-order valence-corrected chi connectivity index (χ3v) is 7.15. The van der Waals surface area contributed by atoms with Crippen LogP contribution in [0.4, 0.5) is 10.1 Å². The first-order valence-corrected chi connectivity index (χ1v) is 13.1. The first-order valence-electron chi connectivity index (χ1n) is 13.1. The second kappa shape index (κ2) is 10.0. The molecule has 0 radical (unpaired) electrons. The Labute approximate surface area is 225 Å². The van der Waals surface area contributed by atoms with Crippen LogP contribution >= 0.6 is 0 Å². The minimum Gasteiger partial charge on any atom is -0.437 e. The second-order valence-electron chi connectivity index (χ2n) is 10.3. The minimum atomic E-state index is -0.411. The molecule has 2 amide bonds. The minimum absolute atomic E-state index is 0.0638. The van der Waals surface area contributed by atoms with Crippen LogP contribution in [0.3, 0.4) is 0 Å². The van der Waals surface area contributed by atoms with Gasteiger partial charge in [-0.25, -0.2) is 13.9 Å². The summed E-state index contributed by atoms with van der Waals surface area (Å²) in [5.74, 6) is 0.392. The molecule has 39 heavy (non-hydrogen) atoms. The number of nitrogens with zero attached hydrogens (tertiary/aromatic N) is 4. The largest absolute Gasteiger partial charge is 0.437 e. The summed E-state index contributed by atoms with van der Waals surface area (Å²) in [6.45, 7) is 3.16. The molecule has 0 spiro atoms. The molecular formula is C29H29FN6O3. The number of carbonyl (C=O) groups is 2. The topological polar surface area (TPSA) is 101 Å². The van der Waals surface area contributed by atoms with E-state index in [1.165, 1.54) is 12.1 Å². The molecule has 6 rings (SSSR count). The maximum atomic E-state index is 13.8. The van der Waals surface area contributed by atoms with Gasteiger partial charge in [-0.05, 0) is 49.6 Å². The number of hydrogen-bond donors (Lipinski definition) is 2. The second-order valence-corrected chi connectivity index (χ2v) is 10.3. The fourth-order valence-corrected chi connectivity index (χ4v) is 4.89. The summed E-state index contributed by atoms with van der Waals surface area (Å²) in [4.78, 5) is 31.0. The molecule has 1 saturated heterocycles. The Hall–Kier alpha value is -4.47. The van der Waals surface area contributed by atoms with E-state index >= 15 is 0 Å². The molecule has 9 nitrogen and oxygen atoms in total. The van der Waals surface area contributed by atoms with E-state index in [0.29, 0.717) is 47.9 Å². The van der Waals surface area contributed by atoms with E-state index in [1.54, 1.807) is 33.8 Å². The Morgan fingerprint density at radius 3 is 2.74 bits per heavy atom. The van der Waals surface area contributed by atoms with Crippen LogP contribution in [0.25, 0.3) is 16.9 Å². The molecule has 1 aliphatic heterocycles. The van der Waals surface area contributed by atoms with Gasteiger partial charge in [-0.15, -0.1) is 5.10 Å². The summed E-state index contributed by atoms with van der Waals surface area (Å²) >= 11 is 0. The number of imidazole rings is 1. The highest BCUT2D eigenvalue weighted by Gasteiger charge is 2.27. The molecule has 4 aromatic rings. The van der Waals surface area contributed by atoms with E-state index in [0.717, 1.165) is 24.0 Å². The number of aryl methyl sites for hydroxylation is 1. The van der Waals surface area contributed by atoms with Crippen LogP contribution in [0.5, 0.6) is 11.6 Å². The van der Waals surface area contributed by atoms with Crippen molar-refractivity contribution in [3.63, 3.8) is 0 Å². The molecule has 200 valence electrons. The fourth-order valence-electron chi connectivity index (χ4n) is 4.89. The third-order valence-electron chi connectivity index (χ3n) is 7.15. The summed E-state index contributed by atoms with van der Waals surface area (Å²) in [5.41, 5.74) is 4.31. The predicted octanol–water partition coefficient (Wildman–Crippen LogP) is 4.42. The predicted molar refractivity (Wildman–Crippen MR) is 144 cm³/mol. The zero-order valence-corrected chi connectivity index (χ0v) is 21.8. The number of aromatic nitrogens is 3. The third kappa shape index (κ3) is 5.27. The molecule has 3 heterocycles. The van der Waals surface area contributed by atoms with Crippen molar-refractivity contribution in [2.75, 3.05) is 25.5 Å². The molecule has 1 aliphatic carbocycles. The van der Waals surface area contributed by atoms with Gasteiger partial charge >= 0.3 is 0 Å². The number of hydrogen-bond acceptors (Lipinski definition) is 6. The van der Waals surface area contributed by atoms with Crippen molar-refractivity contribution in [3.8, 4) is 22.9 Å². The maximum absolute atomic E-state index is 13.8. The van der Waals surface area contributed by atoms with Crippen molar-refractivity contribution in [2.45, 2.75) is 32.2 Å². The summed E-state index contributed by atoms with van der Waals surface area (Å²) in [6, 6.07) is 13.5. The molecule has 1 unspecified atom stereocenters. The van der Waals surface area contributed by atoms with Crippen LogP contribution < -0.4 is 15.4 Å². The van der Waals surface area contributed by atoms with E-state index in [-0.39, 0.29) is 29.7 Å².